The molecule has 2 aliphatic heterocycles. The quantitative estimate of drug-likeness (QED) is 0.643. The number of amides is 1. The van der Waals surface area contributed by atoms with Gasteiger partial charge in [-0.2, -0.15) is 4.31 Å². The molecule has 9 heteroatoms. The molecule has 1 aromatic rings. The molecule has 0 aromatic heterocycles. The molecule has 0 N–H and O–H groups in total. The lowest BCUT2D eigenvalue weighted by atomic mass is 10.1. The van der Waals surface area contributed by atoms with Crippen LogP contribution < -0.4 is 4.74 Å². The molecule has 2 saturated heterocycles. The van der Waals surface area contributed by atoms with E-state index >= 15 is 0 Å². The van der Waals surface area contributed by atoms with Crippen molar-refractivity contribution in [1.82, 2.24) is 14.1 Å². The van der Waals surface area contributed by atoms with Crippen LogP contribution in [-0.2, 0) is 26.0 Å². The molecule has 29 heavy (non-hydrogen) atoms. The van der Waals surface area contributed by atoms with Crippen molar-refractivity contribution >= 4 is 15.9 Å². The van der Waals surface area contributed by atoms with Crippen LogP contribution in [0, 0.1) is 0 Å². The van der Waals surface area contributed by atoms with E-state index in [1.807, 2.05) is 4.90 Å². The number of sulfonamides is 1. The molecule has 1 aromatic carbocycles. The Balaban J connectivity index is 1.68. The van der Waals surface area contributed by atoms with Gasteiger partial charge in [-0.05, 0) is 36.7 Å². The number of benzene rings is 1. The molecule has 162 valence electrons. The molecule has 0 bridgehead atoms. The molecule has 8 nitrogen and oxygen atoms in total. The number of piperazine rings is 1. The first-order chi connectivity index (χ1) is 14.0. The Kier molecular flexibility index (Phi) is 7.50. The second-order valence-electron chi connectivity index (χ2n) is 7.31. The van der Waals surface area contributed by atoms with Gasteiger partial charge in [0.2, 0.25) is 15.9 Å². The highest BCUT2D eigenvalue weighted by molar-refractivity contribution is 7.89. The number of carbonyl (C=O) groups is 1. The summed E-state index contributed by atoms with van der Waals surface area (Å²) < 4.78 is 38.0. The molecular weight excluding hydrogens is 394 g/mol. The van der Waals surface area contributed by atoms with Gasteiger partial charge in [-0.25, -0.2) is 8.42 Å². The fraction of sp³-hybridized carbons (Fsp3) is 0.650. The highest BCUT2D eigenvalue weighted by Gasteiger charge is 2.27. The minimum absolute atomic E-state index is 0.101. The van der Waals surface area contributed by atoms with Gasteiger partial charge in [0.15, 0.2) is 0 Å². The topological polar surface area (TPSA) is 79.4 Å². The van der Waals surface area contributed by atoms with Gasteiger partial charge in [-0.1, -0.05) is 6.92 Å². The summed E-state index contributed by atoms with van der Waals surface area (Å²) in [6, 6.07) is 4.89. The number of rotatable bonds is 7. The van der Waals surface area contributed by atoms with Crippen LogP contribution in [-0.4, -0.2) is 94.6 Å². The minimum atomic E-state index is -3.58. The third kappa shape index (κ3) is 5.28. The van der Waals surface area contributed by atoms with Crippen LogP contribution >= 0.6 is 0 Å². The number of ether oxygens (including phenoxy) is 2. The van der Waals surface area contributed by atoms with Crippen molar-refractivity contribution in [1.29, 1.82) is 0 Å². The SMILES string of the molecule is CCN1CCN(C(=O)CCc2cc(S(=O)(=O)N3CCOCC3)ccc2OC)CC1. The van der Waals surface area contributed by atoms with Crippen LogP contribution in [0.4, 0.5) is 0 Å². The molecule has 2 aliphatic rings. The van der Waals surface area contributed by atoms with E-state index in [9.17, 15) is 13.2 Å². The number of aryl methyl sites for hydroxylation is 1. The standard InChI is InChI=1S/C20H31N3O5S/c1-3-21-8-10-22(11-9-21)20(24)7-4-17-16-18(5-6-19(17)27-2)29(25,26)23-12-14-28-15-13-23/h5-6,16H,3-4,7-15H2,1-2H3. The van der Waals surface area contributed by atoms with Gasteiger partial charge in [-0.3, -0.25) is 4.79 Å². The first-order valence-corrected chi connectivity index (χ1v) is 11.6. The van der Waals surface area contributed by atoms with Gasteiger partial charge < -0.3 is 19.3 Å². The zero-order valence-corrected chi connectivity index (χ0v) is 18.1. The molecule has 0 aliphatic carbocycles. The Morgan fingerprint density at radius 3 is 2.41 bits per heavy atom. The molecule has 1 amide bonds. The fourth-order valence-corrected chi connectivity index (χ4v) is 5.22. The lowest BCUT2D eigenvalue weighted by Crippen LogP contribution is -2.48. The third-order valence-corrected chi connectivity index (χ3v) is 7.53. The number of morpholine rings is 1. The lowest BCUT2D eigenvalue weighted by molar-refractivity contribution is -0.132. The smallest absolute Gasteiger partial charge is 0.243 e. The summed E-state index contributed by atoms with van der Waals surface area (Å²) in [6.45, 7) is 7.94. The van der Waals surface area contributed by atoms with Crippen LogP contribution in [0.1, 0.15) is 18.9 Å². The number of likely N-dealkylation sites (N-methyl/N-ethyl adjacent to an activating group) is 1. The predicted molar refractivity (Wildman–Crippen MR) is 110 cm³/mol. The van der Waals surface area contributed by atoms with E-state index in [0.29, 0.717) is 44.9 Å². The molecule has 0 atom stereocenters. The van der Waals surface area contributed by atoms with Gasteiger partial charge in [-0.15, -0.1) is 0 Å². The molecule has 3 rings (SSSR count). The maximum absolute atomic E-state index is 12.9. The summed E-state index contributed by atoms with van der Waals surface area (Å²) in [6.07, 6.45) is 0.784. The van der Waals surface area contributed by atoms with Crippen LogP contribution in [0.2, 0.25) is 0 Å². The summed E-state index contributed by atoms with van der Waals surface area (Å²) in [5.74, 6) is 0.707. The van der Waals surface area contributed by atoms with Crippen molar-refractivity contribution in [3.05, 3.63) is 23.8 Å². The summed E-state index contributed by atoms with van der Waals surface area (Å²) >= 11 is 0. The Labute approximate surface area is 173 Å². The predicted octanol–water partition coefficient (Wildman–Crippen LogP) is 0.813. The molecule has 0 saturated carbocycles. The number of carbonyl (C=O) groups excluding carboxylic acids is 1. The molecule has 2 heterocycles. The minimum Gasteiger partial charge on any atom is -0.496 e. The second-order valence-corrected chi connectivity index (χ2v) is 9.24. The van der Waals surface area contributed by atoms with Crippen molar-refractivity contribution in [2.75, 3.05) is 66.1 Å². The van der Waals surface area contributed by atoms with Gasteiger partial charge in [0.1, 0.15) is 5.75 Å². The van der Waals surface area contributed by atoms with Crippen LogP contribution in [0.25, 0.3) is 0 Å². The molecule has 0 spiro atoms. The second kappa shape index (κ2) is 9.88. The molecule has 0 radical (unpaired) electrons. The van der Waals surface area contributed by atoms with Crippen LogP contribution in [0.5, 0.6) is 5.75 Å². The Morgan fingerprint density at radius 2 is 1.79 bits per heavy atom. The van der Waals surface area contributed by atoms with Gasteiger partial charge >= 0.3 is 0 Å². The summed E-state index contributed by atoms with van der Waals surface area (Å²) in [7, 11) is -2.02. The number of methoxy groups -OCH3 is 1. The van der Waals surface area contributed by atoms with Crippen molar-refractivity contribution in [3.63, 3.8) is 0 Å². The Bertz CT molecular complexity index is 800. The maximum Gasteiger partial charge on any atom is 0.243 e. The van der Waals surface area contributed by atoms with Crippen molar-refractivity contribution in [3.8, 4) is 5.75 Å². The fourth-order valence-electron chi connectivity index (χ4n) is 3.76. The summed E-state index contributed by atoms with van der Waals surface area (Å²) in [5.41, 5.74) is 0.738. The Morgan fingerprint density at radius 1 is 1.10 bits per heavy atom. The lowest BCUT2D eigenvalue weighted by Gasteiger charge is -2.34. The van der Waals surface area contributed by atoms with Crippen molar-refractivity contribution < 1.29 is 22.7 Å². The normalized spacial score (nSPS) is 19.3. The monoisotopic (exact) mass is 425 g/mol. The van der Waals surface area contributed by atoms with Gasteiger partial charge in [0.25, 0.3) is 0 Å². The third-order valence-electron chi connectivity index (χ3n) is 5.64. The zero-order valence-electron chi connectivity index (χ0n) is 17.3. The van der Waals surface area contributed by atoms with E-state index in [0.717, 1.165) is 38.3 Å². The maximum atomic E-state index is 12.9. The average Bonchev–Trinajstić information content (AvgIpc) is 2.77. The highest BCUT2D eigenvalue weighted by atomic mass is 32.2. The summed E-state index contributed by atoms with van der Waals surface area (Å²) in [5, 5.41) is 0. The van der Waals surface area contributed by atoms with E-state index in [1.165, 1.54) is 4.31 Å². The number of hydrogen-bond donors (Lipinski definition) is 0. The Hall–Kier alpha value is -1.68. The largest absolute Gasteiger partial charge is 0.496 e. The van der Waals surface area contributed by atoms with Gasteiger partial charge in [0.05, 0.1) is 25.2 Å². The number of hydrogen-bond acceptors (Lipinski definition) is 6. The number of nitrogens with zero attached hydrogens (tertiary/aromatic N) is 3. The first-order valence-electron chi connectivity index (χ1n) is 10.2. The van der Waals surface area contributed by atoms with E-state index in [2.05, 4.69) is 11.8 Å². The van der Waals surface area contributed by atoms with Crippen molar-refractivity contribution in [2.45, 2.75) is 24.7 Å². The molecule has 0 unspecified atom stereocenters. The van der Waals surface area contributed by atoms with E-state index in [1.54, 1.807) is 25.3 Å². The van der Waals surface area contributed by atoms with E-state index in [-0.39, 0.29) is 10.8 Å². The molecule has 2 fully saturated rings. The highest BCUT2D eigenvalue weighted by Crippen LogP contribution is 2.26. The van der Waals surface area contributed by atoms with Gasteiger partial charge in [0, 0.05) is 45.7 Å². The molecular formula is C20H31N3O5S. The summed E-state index contributed by atoms with van der Waals surface area (Å²) in [4.78, 5) is 17.1. The van der Waals surface area contributed by atoms with Crippen molar-refractivity contribution in [2.24, 2.45) is 0 Å². The van der Waals surface area contributed by atoms with Crippen LogP contribution in [0.15, 0.2) is 23.1 Å². The van der Waals surface area contributed by atoms with E-state index in [4.69, 9.17) is 9.47 Å². The average molecular weight is 426 g/mol. The van der Waals surface area contributed by atoms with Crippen LogP contribution in [0.3, 0.4) is 0 Å². The zero-order chi connectivity index (χ0) is 20.9. The van der Waals surface area contributed by atoms with E-state index < -0.39 is 10.0 Å². The first kappa shape index (κ1) is 22.0.